The third-order valence-corrected chi connectivity index (χ3v) is 2.44. The molecule has 0 bridgehead atoms. The van der Waals surface area contributed by atoms with Crippen molar-refractivity contribution in [2.45, 2.75) is 39.0 Å². The highest BCUT2D eigenvalue weighted by atomic mass is 16.7. The van der Waals surface area contributed by atoms with Crippen LogP contribution in [0.3, 0.4) is 0 Å². The van der Waals surface area contributed by atoms with Gasteiger partial charge in [0.1, 0.15) is 5.75 Å². The summed E-state index contributed by atoms with van der Waals surface area (Å²) in [6.45, 7) is 3.39. The monoisotopic (exact) mass is 222 g/mol. The Morgan fingerprint density at radius 2 is 1.69 bits per heavy atom. The van der Waals surface area contributed by atoms with Crippen molar-refractivity contribution < 1.29 is 9.47 Å². The Bertz CT molecular complexity index is 246. The van der Waals surface area contributed by atoms with Gasteiger partial charge in [-0.2, -0.15) is 0 Å². The van der Waals surface area contributed by atoms with Crippen LogP contribution in [0, 0.1) is 0 Å². The molecule has 0 saturated heterocycles. The van der Waals surface area contributed by atoms with E-state index in [1.165, 1.54) is 25.7 Å². The highest BCUT2D eigenvalue weighted by Gasteiger charge is 1.92. The highest BCUT2D eigenvalue weighted by Crippen LogP contribution is 2.08. The first kappa shape index (κ1) is 13.0. The highest BCUT2D eigenvalue weighted by molar-refractivity contribution is 5.20. The maximum absolute atomic E-state index is 5.41. The fourth-order valence-corrected chi connectivity index (χ4v) is 1.49. The number of rotatable bonds is 9. The second-order valence-electron chi connectivity index (χ2n) is 3.90. The van der Waals surface area contributed by atoms with Gasteiger partial charge in [-0.25, -0.2) is 0 Å². The van der Waals surface area contributed by atoms with Crippen molar-refractivity contribution in [3.8, 4) is 5.75 Å². The van der Waals surface area contributed by atoms with Crippen LogP contribution >= 0.6 is 0 Å². The van der Waals surface area contributed by atoms with Gasteiger partial charge in [0.25, 0.3) is 0 Å². The van der Waals surface area contributed by atoms with Gasteiger partial charge in [0.2, 0.25) is 0 Å². The number of unbranched alkanes of at least 4 members (excludes halogenated alkanes) is 4. The maximum atomic E-state index is 5.41. The summed E-state index contributed by atoms with van der Waals surface area (Å²) in [5.41, 5.74) is 0. The van der Waals surface area contributed by atoms with E-state index >= 15 is 0 Å². The summed E-state index contributed by atoms with van der Waals surface area (Å²) in [5, 5.41) is 0. The molecule has 1 aromatic rings. The summed E-state index contributed by atoms with van der Waals surface area (Å²) in [4.78, 5) is 0. The predicted molar refractivity (Wildman–Crippen MR) is 66.6 cm³/mol. The zero-order valence-electron chi connectivity index (χ0n) is 10.2. The SMILES string of the molecule is CCCCCCCOCOc1ccccc1. The fourth-order valence-electron chi connectivity index (χ4n) is 1.49. The lowest BCUT2D eigenvalue weighted by Crippen LogP contribution is -2.03. The maximum Gasteiger partial charge on any atom is 0.189 e. The molecule has 0 atom stereocenters. The van der Waals surface area contributed by atoms with Gasteiger partial charge in [-0.3, -0.25) is 0 Å². The van der Waals surface area contributed by atoms with Crippen LogP contribution in [-0.4, -0.2) is 13.4 Å². The van der Waals surface area contributed by atoms with Crippen LogP contribution in [-0.2, 0) is 4.74 Å². The van der Waals surface area contributed by atoms with Crippen LogP contribution < -0.4 is 4.74 Å². The minimum atomic E-state index is 0.359. The van der Waals surface area contributed by atoms with Crippen molar-refractivity contribution in [1.82, 2.24) is 0 Å². The molecular weight excluding hydrogens is 200 g/mol. The fraction of sp³-hybridized carbons (Fsp3) is 0.571. The minimum absolute atomic E-state index is 0.359. The largest absolute Gasteiger partial charge is 0.468 e. The molecular formula is C14H22O2. The third-order valence-electron chi connectivity index (χ3n) is 2.44. The van der Waals surface area contributed by atoms with E-state index in [2.05, 4.69) is 6.92 Å². The number of ether oxygens (including phenoxy) is 2. The second kappa shape index (κ2) is 9.22. The number of para-hydroxylation sites is 1. The van der Waals surface area contributed by atoms with Crippen LogP contribution in [0.1, 0.15) is 39.0 Å². The van der Waals surface area contributed by atoms with Gasteiger partial charge in [0.15, 0.2) is 6.79 Å². The summed E-state index contributed by atoms with van der Waals surface area (Å²) in [5.74, 6) is 0.869. The molecule has 1 rings (SSSR count). The Hall–Kier alpha value is -1.02. The van der Waals surface area contributed by atoms with Crippen molar-refractivity contribution in [2.24, 2.45) is 0 Å². The molecule has 0 unspecified atom stereocenters. The van der Waals surface area contributed by atoms with Crippen molar-refractivity contribution in [3.63, 3.8) is 0 Å². The third kappa shape index (κ3) is 6.46. The van der Waals surface area contributed by atoms with E-state index in [1.54, 1.807) is 0 Å². The lowest BCUT2D eigenvalue weighted by atomic mass is 10.2. The lowest BCUT2D eigenvalue weighted by Gasteiger charge is -2.06. The lowest BCUT2D eigenvalue weighted by molar-refractivity contribution is 0.0135. The average Bonchev–Trinajstić information content (AvgIpc) is 2.34. The van der Waals surface area contributed by atoms with Gasteiger partial charge in [-0.15, -0.1) is 0 Å². The minimum Gasteiger partial charge on any atom is -0.468 e. The molecule has 0 amide bonds. The predicted octanol–water partition coefficient (Wildman–Crippen LogP) is 4.01. The van der Waals surface area contributed by atoms with Crippen LogP contribution in [0.15, 0.2) is 30.3 Å². The standard InChI is InChI=1S/C14H22O2/c1-2-3-4-5-9-12-15-13-16-14-10-7-6-8-11-14/h6-8,10-11H,2-5,9,12-13H2,1H3. The molecule has 90 valence electrons. The molecule has 1 aromatic carbocycles. The quantitative estimate of drug-likeness (QED) is 0.464. The van der Waals surface area contributed by atoms with Crippen LogP contribution in [0.2, 0.25) is 0 Å². The Labute approximate surface area is 98.6 Å². The zero-order chi connectivity index (χ0) is 11.5. The molecule has 0 saturated carbocycles. The Kier molecular flexibility index (Phi) is 7.52. The molecule has 0 aliphatic heterocycles. The van der Waals surface area contributed by atoms with Gasteiger partial charge >= 0.3 is 0 Å². The van der Waals surface area contributed by atoms with E-state index in [0.29, 0.717) is 6.79 Å². The molecule has 2 nitrogen and oxygen atoms in total. The molecule has 2 heteroatoms. The van der Waals surface area contributed by atoms with Gasteiger partial charge in [-0.05, 0) is 18.6 Å². The Morgan fingerprint density at radius 1 is 0.938 bits per heavy atom. The Morgan fingerprint density at radius 3 is 2.44 bits per heavy atom. The first-order valence-corrected chi connectivity index (χ1v) is 6.19. The summed E-state index contributed by atoms with van der Waals surface area (Å²) < 4.78 is 10.8. The first-order valence-electron chi connectivity index (χ1n) is 6.19. The molecule has 0 fully saturated rings. The summed E-state index contributed by atoms with van der Waals surface area (Å²) in [6, 6.07) is 9.76. The molecule has 0 aliphatic carbocycles. The normalized spacial score (nSPS) is 10.3. The first-order chi connectivity index (χ1) is 7.93. The van der Waals surface area contributed by atoms with Crippen molar-refractivity contribution in [3.05, 3.63) is 30.3 Å². The number of benzene rings is 1. The van der Waals surface area contributed by atoms with Gasteiger partial charge < -0.3 is 9.47 Å². The van der Waals surface area contributed by atoms with E-state index < -0.39 is 0 Å². The van der Waals surface area contributed by atoms with Crippen molar-refractivity contribution in [1.29, 1.82) is 0 Å². The van der Waals surface area contributed by atoms with E-state index in [9.17, 15) is 0 Å². The molecule has 0 heterocycles. The smallest absolute Gasteiger partial charge is 0.189 e. The molecule has 0 aromatic heterocycles. The molecule has 0 spiro atoms. The van der Waals surface area contributed by atoms with E-state index in [0.717, 1.165) is 18.8 Å². The van der Waals surface area contributed by atoms with Crippen molar-refractivity contribution >= 4 is 0 Å². The van der Waals surface area contributed by atoms with E-state index in [-0.39, 0.29) is 0 Å². The number of hydrogen-bond acceptors (Lipinski definition) is 2. The summed E-state index contributed by atoms with van der Waals surface area (Å²) in [7, 11) is 0. The van der Waals surface area contributed by atoms with E-state index in [4.69, 9.17) is 9.47 Å². The molecule has 16 heavy (non-hydrogen) atoms. The molecule has 0 radical (unpaired) electrons. The van der Waals surface area contributed by atoms with Gasteiger partial charge in [-0.1, -0.05) is 50.8 Å². The van der Waals surface area contributed by atoms with Crippen LogP contribution in [0.4, 0.5) is 0 Å². The molecule has 0 aliphatic rings. The van der Waals surface area contributed by atoms with Crippen molar-refractivity contribution in [2.75, 3.05) is 13.4 Å². The summed E-state index contributed by atoms with van der Waals surface area (Å²) >= 11 is 0. The van der Waals surface area contributed by atoms with Gasteiger partial charge in [0, 0.05) is 0 Å². The zero-order valence-corrected chi connectivity index (χ0v) is 10.2. The van der Waals surface area contributed by atoms with Crippen LogP contribution in [0.5, 0.6) is 5.75 Å². The number of hydrogen-bond donors (Lipinski definition) is 0. The average molecular weight is 222 g/mol. The van der Waals surface area contributed by atoms with E-state index in [1.807, 2.05) is 30.3 Å². The summed E-state index contributed by atoms with van der Waals surface area (Å²) in [6.07, 6.45) is 6.34. The van der Waals surface area contributed by atoms with Crippen LogP contribution in [0.25, 0.3) is 0 Å². The Balaban J connectivity index is 1.89. The second-order valence-corrected chi connectivity index (χ2v) is 3.90. The van der Waals surface area contributed by atoms with Gasteiger partial charge in [0.05, 0.1) is 6.61 Å². The topological polar surface area (TPSA) is 18.5 Å². The molecule has 0 N–H and O–H groups in total.